The molecule has 1 aliphatic rings. The smallest absolute Gasteiger partial charge is 0.332 e. The van der Waals surface area contributed by atoms with Crippen LogP contribution in [0.25, 0.3) is 11.6 Å². The van der Waals surface area contributed by atoms with Crippen LogP contribution in [0, 0.1) is 0 Å². The number of alkyl halides is 3. The minimum absolute atomic E-state index is 0.0775. The van der Waals surface area contributed by atoms with Crippen molar-refractivity contribution in [3.05, 3.63) is 52.8 Å². The molecule has 14 heteroatoms. The molecule has 4 rings (SSSR count). The molecular weight excluding hydrogens is 487 g/mol. The predicted molar refractivity (Wildman–Crippen MR) is 110 cm³/mol. The summed E-state index contributed by atoms with van der Waals surface area (Å²) in [6.07, 6.45) is -5.96. The number of pyridine rings is 1. The van der Waals surface area contributed by atoms with Crippen LogP contribution in [0.2, 0.25) is 5.02 Å². The molecule has 0 saturated heterocycles. The standard InChI is InChI=1S/C19H15ClF3N5O4S/c20-11-3-1-10(2-4-11)8-28-16-14(33(30,31)9-12(24)18(28)29)6-5-13(25-16)17-26-15(27-32-17)7-19(21,22)23/h1-6,12H,7-9,24H2/t12-/m0/s1. The third-order valence-corrected chi connectivity index (χ3v) is 6.75. The van der Waals surface area contributed by atoms with E-state index < -0.39 is 46.0 Å². The van der Waals surface area contributed by atoms with E-state index in [0.717, 1.165) is 4.90 Å². The molecule has 3 heterocycles. The van der Waals surface area contributed by atoms with Gasteiger partial charge < -0.3 is 10.3 Å². The molecule has 174 valence electrons. The zero-order valence-corrected chi connectivity index (χ0v) is 18.2. The average Bonchev–Trinajstić information content (AvgIpc) is 3.16. The molecule has 0 bridgehead atoms. The number of aromatic nitrogens is 3. The zero-order chi connectivity index (χ0) is 24.0. The van der Waals surface area contributed by atoms with Gasteiger partial charge in [0.05, 0.1) is 18.3 Å². The van der Waals surface area contributed by atoms with Crippen LogP contribution in [0.5, 0.6) is 0 Å². The molecule has 0 radical (unpaired) electrons. The van der Waals surface area contributed by atoms with Gasteiger partial charge in [0.1, 0.15) is 17.0 Å². The number of nitrogens with two attached hydrogens (primary N) is 1. The number of benzene rings is 1. The van der Waals surface area contributed by atoms with Crippen molar-refractivity contribution >= 4 is 33.2 Å². The highest BCUT2D eigenvalue weighted by Gasteiger charge is 2.38. The highest BCUT2D eigenvalue weighted by Crippen LogP contribution is 2.32. The number of fused-ring (bicyclic) bond motifs is 1. The van der Waals surface area contributed by atoms with Gasteiger partial charge in [0, 0.05) is 5.02 Å². The lowest BCUT2D eigenvalue weighted by atomic mass is 10.2. The van der Waals surface area contributed by atoms with Gasteiger partial charge in [0.15, 0.2) is 21.5 Å². The summed E-state index contributed by atoms with van der Waals surface area (Å²) in [5, 5.41) is 3.75. The predicted octanol–water partition coefficient (Wildman–Crippen LogP) is 2.54. The monoisotopic (exact) mass is 501 g/mol. The normalized spacial score (nSPS) is 18.2. The summed E-state index contributed by atoms with van der Waals surface area (Å²) in [4.78, 5) is 21.7. The Hall–Kier alpha value is -3.03. The summed E-state index contributed by atoms with van der Waals surface area (Å²) in [7, 11) is -4.00. The van der Waals surface area contributed by atoms with Crippen LogP contribution in [0.3, 0.4) is 0 Å². The van der Waals surface area contributed by atoms with Gasteiger partial charge in [-0.25, -0.2) is 13.4 Å². The number of hydrogen-bond donors (Lipinski definition) is 1. The lowest BCUT2D eigenvalue weighted by molar-refractivity contribution is -0.128. The maximum absolute atomic E-state index is 13.0. The molecule has 0 aliphatic carbocycles. The largest absolute Gasteiger partial charge is 0.396 e. The fourth-order valence-electron chi connectivity index (χ4n) is 3.23. The molecule has 0 spiro atoms. The highest BCUT2D eigenvalue weighted by molar-refractivity contribution is 7.91. The number of sulfone groups is 1. The molecule has 3 aromatic rings. The van der Waals surface area contributed by atoms with Crippen LogP contribution in [0.15, 0.2) is 45.8 Å². The van der Waals surface area contributed by atoms with E-state index in [-0.39, 0.29) is 28.8 Å². The SMILES string of the molecule is N[C@H]1CS(=O)(=O)c2ccc(-c3nc(CC(F)(F)F)no3)nc2N(Cc2ccc(Cl)cc2)C1=O. The van der Waals surface area contributed by atoms with Crippen molar-refractivity contribution in [1.82, 2.24) is 15.1 Å². The van der Waals surface area contributed by atoms with E-state index in [2.05, 4.69) is 15.1 Å². The van der Waals surface area contributed by atoms with Gasteiger partial charge in [0.2, 0.25) is 5.91 Å². The molecule has 1 aromatic carbocycles. The molecule has 0 unspecified atom stereocenters. The van der Waals surface area contributed by atoms with E-state index >= 15 is 0 Å². The maximum Gasteiger partial charge on any atom is 0.396 e. The second-order valence-electron chi connectivity index (χ2n) is 7.26. The van der Waals surface area contributed by atoms with Crippen molar-refractivity contribution in [2.45, 2.75) is 30.1 Å². The molecule has 0 saturated carbocycles. The van der Waals surface area contributed by atoms with Crippen molar-refractivity contribution in [3.63, 3.8) is 0 Å². The van der Waals surface area contributed by atoms with Gasteiger partial charge in [0.25, 0.3) is 5.89 Å². The number of hydrogen-bond acceptors (Lipinski definition) is 8. The molecule has 0 fully saturated rings. The second-order valence-corrected chi connectivity index (χ2v) is 9.70. The Kier molecular flexibility index (Phi) is 5.88. The minimum atomic E-state index is -4.55. The van der Waals surface area contributed by atoms with Crippen LogP contribution < -0.4 is 10.6 Å². The zero-order valence-electron chi connectivity index (χ0n) is 16.6. The highest BCUT2D eigenvalue weighted by atomic mass is 35.5. The third-order valence-electron chi connectivity index (χ3n) is 4.71. The van der Waals surface area contributed by atoms with Crippen molar-refractivity contribution in [2.75, 3.05) is 10.7 Å². The first-order valence-electron chi connectivity index (χ1n) is 9.38. The summed E-state index contributed by atoms with van der Waals surface area (Å²) in [5.74, 6) is -2.54. The van der Waals surface area contributed by atoms with Crippen LogP contribution in [-0.4, -0.2) is 47.4 Å². The Balaban J connectivity index is 1.80. The number of amides is 1. The van der Waals surface area contributed by atoms with Gasteiger partial charge in [-0.2, -0.15) is 18.2 Å². The fraction of sp³-hybridized carbons (Fsp3) is 0.263. The molecule has 33 heavy (non-hydrogen) atoms. The van der Waals surface area contributed by atoms with Crippen LogP contribution in [0.4, 0.5) is 19.0 Å². The number of nitrogens with zero attached hydrogens (tertiary/aromatic N) is 4. The van der Waals surface area contributed by atoms with Crippen molar-refractivity contribution < 1.29 is 30.9 Å². The fourth-order valence-corrected chi connectivity index (χ4v) is 4.86. The number of halogens is 4. The van der Waals surface area contributed by atoms with Gasteiger partial charge >= 0.3 is 6.18 Å². The maximum atomic E-state index is 13.0. The van der Waals surface area contributed by atoms with Crippen molar-refractivity contribution in [3.8, 4) is 11.6 Å². The van der Waals surface area contributed by atoms with Gasteiger partial charge in [-0.05, 0) is 29.8 Å². The number of carbonyl (C=O) groups excluding carboxylic acids is 1. The van der Waals surface area contributed by atoms with Crippen LogP contribution in [-0.2, 0) is 27.6 Å². The van der Waals surface area contributed by atoms with Gasteiger partial charge in [-0.15, -0.1) is 0 Å². The number of anilines is 1. The summed E-state index contributed by atoms with van der Waals surface area (Å²) >= 11 is 5.90. The first-order chi connectivity index (χ1) is 15.4. The molecule has 1 amide bonds. The van der Waals surface area contributed by atoms with E-state index in [0.29, 0.717) is 10.6 Å². The first-order valence-corrected chi connectivity index (χ1v) is 11.4. The van der Waals surface area contributed by atoms with Crippen LogP contribution >= 0.6 is 11.6 Å². The van der Waals surface area contributed by atoms with E-state index in [9.17, 15) is 26.4 Å². The topological polar surface area (TPSA) is 132 Å². The Bertz CT molecular complexity index is 1310. The Labute approximate surface area is 190 Å². The molecule has 2 aromatic heterocycles. The number of rotatable bonds is 4. The molecule has 1 atom stereocenters. The molecule has 9 nitrogen and oxygen atoms in total. The van der Waals surface area contributed by atoms with Crippen LogP contribution in [0.1, 0.15) is 11.4 Å². The lowest BCUT2D eigenvalue weighted by Crippen LogP contribution is -2.45. The molecule has 2 N–H and O–H groups in total. The van der Waals surface area contributed by atoms with E-state index in [1.807, 2.05) is 0 Å². The van der Waals surface area contributed by atoms with Crippen molar-refractivity contribution in [1.29, 1.82) is 0 Å². The summed E-state index contributed by atoms with van der Waals surface area (Å²) < 4.78 is 68.3. The van der Waals surface area contributed by atoms with E-state index in [1.54, 1.807) is 24.3 Å². The lowest BCUT2D eigenvalue weighted by Gasteiger charge is -2.23. The van der Waals surface area contributed by atoms with Gasteiger partial charge in [-0.3, -0.25) is 9.69 Å². The Morgan fingerprint density at radius 1 is 1.15 bits per heavy atom. The summed E-state index contributed by atoms with van der Waals surface area (Å²) in [5.41, 5.74) is 6.36. The van der Waals surface area contributed by atoms with E-state index in [1.165, 1.54) is 12.1 Å². The number of carbonyl (C=O) groups is 1. The average molecular weight is 502 g/mol. The minimum Gasteiger partial charge on any atom is -0.332 e. The Morgan fingerprint density at radius 3 is 2.52 bits per heavy atom. The molecular formula is C19H15ClF3N5O4S. The third kappa shape index (κ3) is 4.99. The van der Waals surface area contributed by atoms with Gasteiger partial charge in [-0.1, -0.05) is 28.9 Å². The summed E-state index contributed by atoms with van der Waals surface area (Å²) in [6, 6.07) is 7.53. The Morgan fingerprint density at radius 2 is 1.85 bits per heavy atom. The first kappa shape index (κ1) is 23.1. The second kappa shape index (κ2) is 8.39. The molecule has 1 aliphatic heterocycles. The quantitative estimate of drug-likeness (QED) is 0.576. The summed E-state index contributed by atoms with van der Waals surface area (Å²) in [6.45, 7) is -0.0775. The van der Waals surface area contributed by atoms with E-state index in [4.69, 9.17) is 21.9 Å². The van der Waals surface area contributed by atoms with Crippen molar-refractivity contribution in [2.24, 2.45) is 5.73 Å².